The molecule has 0 amide bonds. The first kappa shape index (κ1) is 6.92. The smallest absolute Gasteiger partial charge is 0.0560 e. The zero-order chi connectivity index (χ0) is 5.86. The summed E-state index contributed by atoms with van der Waals surface area (Å²) in [5.41, 5.74) is 0. The Bertz CT molecular complexity index is 43.3. The fourth-order valence-electron chi connectivity index (χ4n) is 0.258. The third-order valence-electron chi connectivity index (χ3n) is 1.19. The van der Waals surface area contributed by atoms with Crippen LogP contribution in [-0.2, 0) is 0 Å². The van der Waals surface area contributed by atoms with Crippen molar-refractivity contribution in [1.82, 2.24) is 10.2 Å². The standard InChI is InChI=1S/C5H14N2/c1-5(6-2)7(3)4/h5-6H,1-4H3/t5-/m1/s1. The summed E-state index contributed by atoms with van der Waals surface area (Å²) in [5.74, 6) is 0. The van der Waals surface area contributed by atoms with Crippen molar-refractivity contribution in [3.8, 4) is 0 Å². The molecule has 0 spiro atoms. The maximum atomic E-state index is 3.09. The molecule has 1 N–H and O–H groups in total. The van der Waals surface area contributed by atoms with Gasteiger partial charge in [-0.2, -0.15) is 0 Å². The fraction of sp³-hybridized carbons (Fsp3) is 1.00. The molecule has 2 heteroatoms. The van der Waals surface area contributed by atoms with E-state index in [-0.39, 0.29) is 0 Å². The minimum Gasteiger partial charge on any atom is -0.305 e. The molecule has 0 saturated heterocycles. The molecule has 0 aliphatic rings. The van der Waals surface area contributed by atoms with Crippen molar-refractivity contribution in [3.05, 3.63) is 0 Å². The van der Waals surface area contributed by atoms with Crippen LogP contribution in [0.5, 0.6) is 0 Å². The minimum atomic E-state index is 0.486. The first-order valence-electron chi connectivity index (χ1n) is 2.52. The molecule has 2 nitrogen and oxygen atoms in total. The lowest BCUT2D eigenvalue weighted by atomic mass is 10.5. The molecule has 0 aromatic carbocycles. The summed E-state index contributed by atoms with van der Waals surface area (Å²) in [6, 6.07) is 0. The highest BCUT2D eigenvalue weighted by molar-refractivity contribution is 4.49. The summed E-state index contributed by atoms with van der Waals surface area (Å²) < 4.78 is 0. The zero-order valence-corrected chi connectivity index (χ0v) is 5.52. The van der Waals surface area contributed by atoms with Gasteiger partial charge >= 0.3 is 0 Å². The number of nitrogens with zero attached hydrogens (tertiary/aromatic N) is 1. The van der Waals surface area contributed by atoms with E-state index in [1.165, 1.54) is 0 Å². The number of rotatable bonds is 2. The molecule has 0 radical (unpaired) electrons. The van der Waals surface area contributed by atoms with Crippen LogP contribution in [0.15, 0.2) is 0 Å². The normalized spacial score (nSPS) is 15.0. The van der Waals surface area contributed by atoms with E-state index in [0.29, 0.717) is 6.17 Å². The summed E-state index contributed by atoms with van der Waals surface area (Å²) in [6.07, 6.45) is 0.486. The number of hydrogen-bond acceptors (Lipinski definition) is 2. The van der Waals surface area contributed by atoms with Crippen molar-refractivity contribution >= 4 is 0 Å². The van der Waals surface area contributed by atoms with Crippen molar-refractivity contribution < 1.29 is 0 Å². The minimum absolute atomic E-state index is 0.486. The number of nitrogens with one attached hydrogen (secondary N) is 1. The van der Waals surface area contributed by atoms with Gasteiger partial charge in [0, 0.05) is 0 Å². The van der Waals surface area contributed by atoms with Crippen molar-refractivity contribution in [3.63, 3.8) is 0 Å². The summed E-state index contributed by atoms with van der Waals surface area (Å²) in [5, 5.41) is 3.09. The highest BCUT2D eigenvalue weighted by Gasteiger charge is 1.95. The van der Waals surface area contributed by atoms with Gasteiger partial charge in [0.1, 0.15) is 0 Å². The SMILES string of the molecule is CN[C@@H](C)N(C)C. The van der Waals surface area contributed by atoms with Crippen LogP contribution in [0.3, 0.4) is 0 Å². The van der Waals surface area contributed by atoms with Crippen LogP contribution in [0.1, 0.15) is 6.92 Å². The maximum absolute atomic E-state index is 3.09. The second-order valence-corrected chi connectivity index (χ2v) is 1.93. The Morgan fingerprint density at radius 2 is 1.86 bits per heavy atom. The Morgan fingerprint density at radius 3 is 1.86 bits per heavy atom. The summed E-state index contributed by atoms with van der Waals surface area (Å²) in [4.78, 5) is 2.11. The molecular weight excluding hydrogens is 88.1 g/mol. The van der Waals surface area contributed by atoms with E-state index in [4.69, 9.17) is 0 Å². The average Bonchev–Trinajstić information content (AvgIpc) is 1.65. The van der Waals surface area contributed by atoms with Crippen LogP contribution in [0.2, 0.25) is 0 Å². The van der Waals surface area contributed by atoms with E-state index in [2.05, 4.69) is 17.1 Å². The third kappa shape index (κ3) is 2.60. The van der Waals surface area contributed by atoms with Crippen LogP contribution < -0.4 is 5.32 Å². The Balaban J connectivity index is 3.14. The van der Waals surface area contributed by atoms with Crippen LogP contribution in [0.25, 0.3) is 0 Å². The summed E-state index contributed by atoms with van der Waals surface area (Å²) in [7, 11) is 6.03. The molecule has 0 aliphatic heterocycles. The Kier molecular flexibility index (Phi) is 2.96. The van der Waals surface area contributed by atoms with E-state index in [0.717, 1.165) is 0 Å². The van der Waals surface area contributed by atoms with Crippen LogP contribution >= 0.6 is 0 Å². The summed E-state index contributed by atoms with van der Waals surface area (Å²) in [6.45, 7) is 2.11. The zero-order valence-electron chi connectivity index (χ0n) is 5.52. The Morgan fingerprint density at radius 1 is 1.43 bits per heavy atom. The van der Waals surface area contributed by atoms with E-state index in [1.807, 2.05) is 21.1 Å². The number of hydrogen-bond donors (Lipinski definition) is 1. The van der Waals surface area contributed by atoms with Gasteiger partial charge in [0.25, 0.3) is 0 Å². The molecule has 44 valence electrons. The molecule has 0 aromatic heterocycles. The molecule has 0 fully saturated rings. The molecule has 1 atom stereocenters. The molecule has 0 bridgehead atoms. The van der Waals surface area contributed by atoms with Gasteiger partial charge in [-0.15, -0.1) is 0 Å². The van der Waals surface area contributed by atoms with E-state index in [9.17, 15) is 0 Å². The average molecular weight is 102 g/mol. The lowest BCUT2D eigenvalue weighted by Gasteiger charge is -2.17. The lowest BCUT2D eigenvalue weighted by molar-refractivity contribution is 0.280. The van der Waals surface area contributed by atoms with E-state index in [1.54, 1.807) is 0 Å². The van der Waals surface area contributed by atoms with Crippen LogP contribution in [-0.4, -0.2) is 32.2 Å². The van der Waals surface area contributed by atoms with Gasteiger partial charge in [0.05, 0.1) is 6.17 Å². The second-order valence-electron chi connectivity index (χ2n) is 1.93. The molecular formula is C5H14N2. The Labute approximate surface area is 45.5 Å². The highest BCUT2D eigenvalue weighted by Crippen LogP contribution is 1.80. The molecule has 0 rings (SSSR count). The van der Waals surface area contributed by atoms with Gasteiger partial charge in [-0.25, -0.2) is 0 Å². The first-order valence-corrected chi connectivity index (χ1v) is 2.52. The third-order valence-corrected chi connectivity index (χ3v) is 1.19. The van der Waals surface area contributed by atoms with Crippen LogP contribution in [0, 0.1) is 0 Å². The lowest BCUT2D eigenvalue weighted by Crippen LogP contribution is -2.35. The molecule has 0 unspecified atom stereocenters. The van der Waals surface area contributed by atoms with Gasteiger partial charge in [-0.1, -0.05) is 0 Å². The molecule has 0 aromatic rings. The Hall–Kier alpha value is -0.0800. The molecule has 7 heavy (non-hydrogen) atoms. The summed E-state index contributed by atoms with van der Waals surface area (Å²) >= 11 is 0. The van der Waals surface area contributed by atoms with Crippen molar-refractivity contribution in [1.29, 1.82) is 0 Å². The maximum Gasteiger partial charge on any atom is 0.0560 e. The van der Waals surface area contributed by atoms with Crippen LogP contribution in [0.4, 0.5) is 0 Å². The van der Waals surface area contributed by atoms with Gasteiger partial charge < -0.3 is 5.32 Å². The quantitative estimate of drug-likeness (QED) is 0.498. The predicted octanol–water partition coefficient (Wildman–Crippen LogP) is 0.113. The van der Waals surface area contributed by atoms with Gasteiger partial charge in [-0.3, -0.25) is 4.90 Å². The highest BCUT2D eigenvalue weighted by atomic mass is 15.2. The first-order chi connectivity index (χ1) is 3.18. The molecule has 0 saturated carbocycles. The monoisotopic (exact) mass is 102 g/mol. The second kappa shape index (κ2) is 2.99. The fourth-order valence-corrected chi connectivity index (χ4v) is 0.258. The predicted molar refractivity (Wildman–Crippen MR) is 32.2 cm³/mol. The van der Waals surface area contributed by atoms with Gasteiger partial charge in [0.15, 0.2) is 0 Å². The van der Waals surface area contributed by atoms with Gasteiger partial charge in [-0.05, 0) is 28.1 Å². The largest absolute Gasteiger partial charge is 0.305 e. The van der Waals surface area contributed by atoms with Gasteiger partial charge in [0.2, 0.25) is 0 Å². The van der Waals surface area contributed by atoms with E-state index < -0.39 is 0 Å². The molecule has 0 heterocycles. The van der Waals surface area contributed by atoms with Crippen molar-refractivity contribution in [2.45, 2.75) is 13.1 Å². The topological polar surface area (TPSA) is 15.3 Å². The van der Waals surface area contributed by atoms with Crippen molar-refractivity contribution in [2.24, 2.45) is 0 Å². The molecule has 0 aliphatic carbocycles. The van der Waals surface area contributed by atoms with E-state index >= 15 is 0 Å². The van der Waals surface area contributed by atoms with Crippen molar-refractivity contribution in [2.75, 3.05) is 21.1 Å².